The molecule has 0 fully saturated rings. The fraction of sp³-hybridized carbons (Fsp3) is 0.409. The SMILES string of the molecule is CC1CCc2c(sc3nc(SCC(=O)OC(C)C)n(-c4ccccc4)c(=O)c23)C1. The fourth-order valence-corrected chi connectivity index (χ4v) is 5.91. The van der Waals surface area contributed by atoms with Crippen LogP contribution in [0.5, 0.6) is 0 Å². The summed E-state index contributed by atoms with van der Waals surface area (Å²) in [5, 5.41) is 1.27. The van der Waals surface area contributed by atoms with E-state index in [9.17, 15) is 9.59 Å². The molecule has 0 aliphatic heterocycles. The van der Waals surface area contributed by atoms with E-state index in [1.54, 1.807) is 15.9 Å². The molecule has 0 bridgehead atoms. The van der Waals surface area contributed by atoms with E-state index < -0.39 is 0 Å². The highest BCUT2D eigenvalue weighted by molar-refractivity contribution is 7.99. The van der Waals surface area contributed by atoms with Gasteiger partial charge in [-0.25, -0.2) is 4.98 Å². The van der Waals surface area contributed by atoms with Crippen molar-refractivity contribution in [3.8, 4) is 5.69 Å². The van der Waals surface area contributed by atoms with Crippen LogP contribution in [0.1, 0.15) is 37.6 Å². The number of nitrogens with zero attached hydrogens (tertiary/aromatic N) is 2. The second kappa shape index (κ2) is 8.32. The smallest absolute Gasteiger partial charge is 0.316 e. The average molecular weight is 429 g/mol. The first-order chi connectivity index (χ1) is 13.9. The molecule has 0 amide bonds. The molecule has 4 rings (SSSR count). The third-order valence-corrected chi connectivity index (χ3v) is 7.06. The molecule has 0 saturated carbocycles. The lowest BCUT2D eigenvalue weighted by Gasteiger charge is -2.17. The molecule has 2 heterocycles. The maximum atomic E-state index is 13.6. The van der Waals surface area contributed by atoms with Crippen molar-refractivity contribution in [2.24, 2.45) is 5.92 Å². The standard InChI is InChI=1S/C22H24N2O3S2/c1-13(2)27-18(25)12-28-22-23-20-19(16-10-9-14(3)11-17(16)29-20)21(26)24(22)15-7-5-4-6-8-15/h4-8,13-14H,9-12H2,1-3H3. The number of hydrogen-bond acceptors (Lipinski definition) is 6. The quantitative estimate of drug-likeness (QED) is 0.337. The molecule has 0 spiro atoms. The van der Waals surface area contributed by atoms with E-state index in [1.165, 1.54) is 22.2 Å². The number of hydrogen-bond donors (Lipinski definition) is 0. The number of rotatable bonds is 5. The van der Waals surface area contributed by atoms with Gasteiger partial charge >= 0.3 is 5.97 Å². The van der Waals surface area contributed by atoms with E-state index in [1.807, 2.05) is 44.2 Å². The van der Waals surface area contributed by atoms with Crippen LogP contribution in [0.15, 0.2) is 40.3 Å². The number of benzene rings is 1. The minimum atomic E-state index is -0.307. The molecule has 1 aliphatic rings. The molecule has 1 aromatic carbocycles. The van der Waals surface area contributed by atoms with E-state index in [4.69, 9.17) is 9.72 Å². The molecule has 2 aromatic heterocycles. The number of ether oxygens (including phenoxy) is 1. The summed E-state index contributed by atoms with van der Waals surface area (Å²) in [5.74, 6) is 0.440. The summed E-state index contributed by atoms with van der Waals surface area (Å²) < 4.78 is 6.88. The maximum Gasteiger partial charge on any atom is 0.316 e. The van der Waals surface area contributed by atoms with E-state index in [-0.39, 0.29) is 23.4 Å². The first kappa shape index (κ1) is 20.2. The van der Waals surface area contributed by atoms with Crippen LogP contribution in [0.25, 0.3) is 15.9 Å². The van der Waals surface area contributed by atoms with Crippen molar-refractivity contribution in [3.05, 3.63) is 51.1 Å². The number of aryl methyl sites for hydroxylation is 1. The zero-order valence-electron chi connectivity index (χ0n) is 16.8. The largest absolute Gasteiger partial charge is 0.462 e. The van der Waals surface area contributed by atoms with Crippen molar-refractivity contribution < 1.29 is 9.53 Å². The second-order valence-corrected chi connectivity index (χ2v) is 9.76. The Bertz CT molecular complexity index is 1100. The number of fused-ring (bicyclic) bond motifs is 3. The van der Waals surface area contributed by atoms with Gasteiger partial charge in [-0.1, -0.05) is 36.9 Å². The van der Waals surface area contributed by atoms with Crippen LogP contribution >= 0.6 is 23.1 Å². The topological polar surface area (TPSA) is 61.2 Å². The number of carbonyl (C=O) groups is 1. The van der Waals surface area contributed by atoms with Crippen LogP contribution in [0.3, 0.4) is 0 Å². The van der Waals surface area contributed by atoms with E-state index in [0.29, 0.717) is 11.1 Å². The van der Waals surface area contributed by atoms with Gasteiger partial charge in [0.15, 0.2) is 5.16 Å². The minimum Gasteiger partial charge on any atom is -0.462 e. The monoisotopic (exact) mass is 428 g/mol. The highest BCUT2D eigenvalue weighted by Gasteiger charge is 2.25. The Labute approximate surface area is 178 Å². The lowest BCUT2D eigenvalue weighted by Crippen LogP contribution is -2.23. The summed E-state index contributed by atoms with van der Waals surface area (Å²) in [5.41, 5.74) is 1.88. The van der Waals surface area contributed by atoms with Gasteiger partial charge in [0.25, 0.3) is 5.56 Å². The summed E-state index contributed by atoms with van der Waals surface area (Å²) >= 11 is 2.88. The fourth-order valence-electron chi connectivity index (χ4n) is 3.69. The molecule has 0 N–H and O–H groups in total. The number of thioether (sulfide) groups is 1. The molecule has 29 heavy (non-hydrogen) atoms. The Morgan fingerprint density at radius 1 is 1.34 bits per heavy atom. The third kappa shape index (κ3) is 4.12. The number of para-hydroxylation sites is 1. The molecule has 0 saturated heterocycles. The number of carbonyl (C=O) groups excluding carboxylic acids is 1. The average Bonchev–Trinajstić information content (AvgIpc) is 3.04. The molecule has 152 valence electrons. The van der Waals surface area contributed by atoms with Crippen molar-refractivity contribution in [2.75, 3.05) is 5.75 Å². The van der Waals surface area contributed by atoms with Gasteiger partial charge in [-0.3, -0.25) is 14.2 Å². The Balaban J connectivity index is 1.83. The van der Waals surface area contributed by atoms with Crippen molar-refractivity contribution in [3.63, 3.8) is 0 Å². The minimum absolute atomic E-state index is 0.0482. The van der Waals surface area contributed by atoms with Gasteiger partial charge in [0, 0.05) is 4.88 Å². The highest BCUT2D eigenvalue weighted by Crippen LogP contribution is 2.37. The lowest BCUT2D eigenvalue weighted by atomic mass is 9.89. The Hall–Kier alpha value is -2.12. The van der Waals surface area contributed by atoms with Gasteiger partial charge in [-0.2, -0.15) is 0 Å². The number of esters is 1. The maximum absolute atomic E-state index is 13.6. The second-order valence-electron chi connectivity index (χ2n) is 7.73. The van der Waals surface area contributed by atoms with Gasteiger partial charge in [-0.05, 0) is 56.7 Å². The molecular weight excluding hydrogens is 404 g/mol. The molecule has 1 unspecified atom stereocenters. The normalized spacial score (nSPS) is 16.2. The highest BCUT2D eigenvalue weighted by atomic mass is 32.2. The summed E-state index contributed by atoms with van der Waals surface area (Å²) in [4.78, 5) is 32.5. The predicted molar refractivity (Wildman–Crippen MR) is 118 cm³/mol. The predicted octanol–water partition coefficient (Wildman–Crippen LogP) is 4.62. The van der Waals surface area contributed by atoms with E-state index >= 15 is 0 Å². The first-order valence-corrected chi connectivity index (χ1v) is 11.7. The van der Waals surface area contributed by atoms with Crippen molar-refractivity contribution in [1.82, 2.24) is 9.55 Å². The molecule has 1 atom stereocenters. The molecule has 1 aliphatic carbocycles. The molecule has 7 heteroatoms. The third-order valence-electron chi connectivity index (χ3n) is 5.00. The summed E-state index contributed by atoms with van der Waals surface area (Å²) in [6.45, 7) is 5.90. The van der Waals surface area contributed by atoms with Crippen molar-refractivity contribution in [1.29, 1.82) is 0 Å². The van der Waals surface area contributed by atoms with Gasteiger partial charge in [-0.15, -0.1) is 11.3 Å². The molecule has 0 radical (unpaired) electrons. The van der Waals surface area contributed by atoms with Crippen molar-refractivity contribution in [2.45, 2.75) is 51.3 Å². The Kier molecular flexibility index (Phi) is 5.79. The zero-order chi connectivity index (χ0) is 20.5. The Morgan fingerprint density at radius 2 is 2.10 bits per heavy atom. The van der Waals surface area contributed by atoms with Gasteiger partial charge in [0.05, 0.1) is 22.9 Å². The first-order valence-electron chi connectivity index (χ1n) is 9.89. The molecule has 5 nitrogen and oxygen atoms in total. The molecular formula is C22H24N2O3S2. The Morgan fingerprint density at radius 3 is 2.83 bits per heavy atom. The summed E-state index contributed by atoms with van der Waals surface area (Å²) in [6, 6.07) is 9.51. The summed E-state index contributed by atoms with van der Waals surface area (Å²) in [6.07, 6.45) is 2.86. The van der Waals surface area contributed by atoms with Gasteiger partial charge < -0.3 is 4.74 Å². The lowest BCUT2D eigenvalue weighted by molar-refractivity contribution is -0.144. The summed E-state index contributed by atoms with van der Waals surface area (Å²) in [7, 11) is 0. The van der Waals surface area contributed by atoms with Gasteiger partial charge in [0.2, 0.25) is 0 Å². The van der Waals surface area contributed by atoms with E-state index in [2.05, 4.69) is 6.92 Å². The van der Waals surface area contributed by atoms with Crippen LogP contribution in [0, 0.1) is 5.92 Å². The number of thiophene rings is 1. The van der Waals surface area contributed by atoms with Crippen LogP contribution in [0.2, 0.25) is 0 Å². The van der Waals surface area contributed by atoms with Crippen molar-refractivity contribution >= 4 is 39.3 Å². The van der Waals surface area contributed by atoms with Crippen LogP contribution < -0.4 is 5.56 Å². The van der Waals surface area contributed by atoms with Gasteiger partial charge in [0.1, 0.15) is 4.83 Å². The number of aromatic nitrogens is 2. The van der Waals surface area contributed by atoms with E-state index in [0.717, 1.165) is 35.2 Å². The van der Waals surface area contributed by atoms with Crippen LogP contribution in [-0.2, 0) is 22.4 Å². The van der Waals surface area contributed by atoms with Crippen LogP contribution in [-0.4, -0.2) is 27.4 Å². The zero-order valence-corrected chi connectivity index (χ0v) is 18.4. The van der Waals surface area contributed by atoms with Crippen LogP contribution in [0.4, 0.5) is 0 Å². The molecule has 3 aromatic rings.